The molecular weight excluding hydrogens is 156 g/mol. The molecule has 0 aliphatic heterocycles. The summed E-state index contributed by atoms with van der Waals surface area (Å²) in [6, 6.07) is 0. The standard InChI is InChI=1S/C9H12.2C2H6/c1-5-9(4)7-6-8(2)3;2*1-2/h5-7H,1-2,4H2,3H3;2*1-2H3/b7-6-;;. The first-order valence-corrected chi connectivity index (χ1v) is 4.81. The minimum absolute atomic E-state index is 0.915. The third kappa shape index (κ3) is 24.8. The van der Waals surface area contributed by atoms with E-state index in [4.69, 9.17) is 0 Å². The molecule has 0 aromatic heterocycles. The first-order valence-electron chi connectivity index (χ1n) is 4.81. The topological polar surface area (TPSA) is 0 Å². The van der Waals surface area contributed by atoms with Crippen LogP contribution >= 0.6 is 0 Å². The van der Waals surface area contributed by atoms with Crippen LogP contribution in [0.4, 0.5) is 0 Å². The summed E-state index contributed by atoms with van der Waals surface area (Å²) in [7, 11) is 0. The average Bonchev–Trinajstić information content (AvgIpc) is 2.20. The molecule has 13 heavy (non-hydrogen) atoms. The van der Waals surface area contributed by atoms with E-state index < -0.39 is 0 Å². The summed E-state index contributed by atoms with van der Waals surface area (Å²) in [5, 5.41) is 0. The summed E-state index contributed by atoms with van der Waals surface area (Å²) >= 11 is 0. The molecular formula is C13H24. The van der Waals surface area contributed by atoms with E-state index in [0.717, 1.165) is 11.1 Å². The molecule has 0 heteroatoms. The lowest BCUT2D eigenvalue weighted by Crippen LogP contribution is -1.65. The molecule has 0 aliphatic carbocycles. The summed E-state index contributed by atoms with van der Waals surface area (Å²) in [5.74, 6) is 0. The Hall–Kier alpha value is -1.04. The van der Waals surface area contributed by atoms with E-state index in [2.05, 4.69) is 19.7 Å². The van der Waals surface area contributed by atoms with Crippen molar-refractivity contribution in [2.45, 2.75) is 34.6 Å². The first kappa shape index (κ1) is 17.9. The maximum atomic E-state index is 3.70. The van der Waals surface area contributed by atoms with Gasteiger partial charge in [-0.1, -0.05) is 71.2 Å². The molecule has 0 heterocycles. The summed E-state index contributed by atoms with van der Waals surface area (Å²) in [6.07, 6.45) is 5.50. The van der Waals surface area contributed by atoms with Crippen molar-refractivity contribution in [3.05, 3.63) is 49.1 Å². The van der Waals surface area contributed by atoms with Crippen molar-refractivity contribution in [2.75, 3.05) is 0 Å². The zero-order chi connectivity index (χ0) is 11.3. The fourth-order valence-corrected chi connectivity index (χ4v) is 0.317. The third-order valence-electron chi connectivity index (χ3n) is 0.844. The molecule has 0 rings (SSSR count). The van der Waals surface area contributed by atoms with Gasteiger partial charge in [-0.15, -0.1) is 0 Å². The van der Waals surface area contributed by atoms with Crippen LogP contribution in [0, 0.1) is 0 Å². The molecule has 0 bridgehead atoms. The number of rotatable bonds is 3. The molecule has 0 aromatic rings. The minimum Gasteiger partial charge on any atom is -0.0985 e. The van der Waals surface area contributed by atoms with Crippen molar-refractivity contribution in [3.8, 4) is 0 Å². The molecule has 0 unspecified atom stereocenters. The Balaban J connectivity index is -0.000000218. The van der Waals surface area contributed by atoms with E-state index in [1.807, 2.05) is 46.8 Å². The smallest absolute Gasteiger partial charge is 0.0335 e. The van der Waals surface area contributed by atoms with Crippen molar-refractivity contribution in [2.24, 2.45) is 0 Å². The zero-order valence-electron chi connectivity index (χ0n) is 9.85. The van der Waals surface area contributed by atoms with E-state index >= 15 is 0 Å². The second kappa shape index (κ2) is 17.2. The first-order chi connectivity index (χ1) is 6.16. The van der Waals surface area contributed by atoms with E-state index in [-0.39, 0.29) is 0 Å². The van der Waals surface area contributed by atoms with Crippen LogP contribution in [0.3, 0.4) is 0 Å². The Morgan fingerprint density at radius 3 is 1.54 bits per heavy atom. The molecule has 0 aromatic carbocycles. The van der Waals surface area contributed by atoms with Gasteiger partial charge in [0.25, 0.3) is 0 Å². The fraction of sp³-hybridized carbons (Fsp3) is 0.385. The lowest BCUT2D eigenvalue weighted by molar-refractivity contribution is 1.50. The van der Waals surface area contributed by atoms with E-state index in [1.165, 1.54) is 0 Å². The van der Waals surface area contributed by atoms with Gasteiger partial charge in [0.1, 0.15) is 0 Å². The summed E-state index contributed by atoms with van der Waals surface area (Å²) in [5.41, 5.74) is 1.94. The number of allylic oxidation sites excluding steroid dienone is 5. The van der Waals surface area contributed by atoms with Gasteiger partial charge in [0.15, 0.2) is 0 Å². The summed E-state index contributed by atoms with van der Waals surface area (Å²) in [6.45, 7) is 20.9. The van der Waals surface area contributed by atoms with Crippen LogP contribution in [0.15, 0.2) is 49.1 Å². The van der Waals surface area contributed by atoms with Crippen molar-refractivity contribution >= 4 is 0 Å². The van der Waals surface area contributed by atoms with Gasteiger partial charge in [-0.05, 0) is 12.5 Å². The Bertz CT molecular complexity index is 159. The largest absolute Gasteiger partial charge is 0.0985 e. The second-order valence-electron chi connectivity index (χ2n) is 1.96. The predicted molar refractivity (Wildman–Crippen MR) is 66.0 cm³/mol. The van der Waals surface area contributed by atoms with Crippen LogP contribution in [0.1, 0.15) is 34.6 Å². The van der Waals surface area contributed by atoms with Crippen molar-refractivity contribution in [1.82, 2.24) is 0 Å². The average molecular weight is 180 g/mol. The molecule has 0 amide bonds. The lowest BCUT2D eigenvalue weighted by atomic mass is 10.2. The van der Waals surface area contributed by atoms with Crippen LogP contribution < -0.4 is 0 Å². The molecule has 0 atom stereocenters. The second-order valence-corrected chi connectivity index (χ2v) is 1.96. The quantitative estimate of drug-likeness (QED) is 0.541. The van der Waals surface area contributed by atoms with Crippen molar-refractivity contribution < 1.29 is 0 Å². The van der Waals surface area contributed by atoms with Crippen LogP contribution in [0.5, 0.6) is 0 Å². The normalized spacial score (nSPS) is 7.46. The molecule has 0 aliphatic rings. The van der Waals surface area contributed by atoms with Crippen LogP contribution in [0.25, 0.3) is 0 Å². The maximum absolute atomic E-state index is 3.70. The maximum Gasteiger partial charge on any atom is -0.0335 e. The molecule has 0 nitrogen and oxygen atoms in total. The van der Waals surface area contributed by atoms with Gasteiger partial charge < -0.3 is 0 Å². The Morgan fingerprint density at radius 1 is 0.923 bits per heavy atom. The highest BCUT2D eigenvalue weighted by Crippen LogP contribution is 1.96. The molecule has 76 valence electrons. The highest BCUT2D eigenvalue weighted by Gasteiger charge is 1.75. The van der Waals surface area contributed by atoms with Gasteiger partial charge in [0.05, 0.1) is 0 Å². The fourth-order valence-electron chi connectivity index (χ4n) is 0.317. The number of hydrogen-bond donors (Lipinski definition) is 0. The monoisotopic (exact) mass is 180 g/mol. The molecule has 0 fully saturated rings. The zero-order valence-corrected chi connectivity index (χ0v) is 9.85. The van der Waals surface area contributed by atoms with E-state index in [0.29, 0.717) is 0 Å². The molecule has 0 radical (unpaired) electrons. The molecule has 0 saturated heterocycles. The van der Waals surface area contributed by atoms with E-state index in [9.17, 15) is 0 Å². The highest BCUT2D eigenvalue weighted by molar-refractivity contribution is 5.29. The van der Waals surface area contributed by atoms with Crippen molar-refractivity contribution in [3.63, 3.8) is 0 Å². The molecule has 0 saturated carbocycles. The van der Waals surface area contributed by atoms with Crippen LogP contribution in [-0.2, 0) is 0 Å². The van der Waals surface area contributed by atoms with Gasteiger partial charge in [0, 0.05) is 0 Å². The minimum atomic E-state index is 0.915. The summed E-state index contributed by atoms with van der Waals surface area (Å²) in [4.78, 5) is 0. The Labute approximate surface area is 84.4 Å². The van der Waals surface area contributed by atoms with Gasteiger partial charge in [-0.2, -0.15) is 0 Å². The van der Waals surface area contributed by atoms with Gasteiger partial charge in [-0.3, -0.25) is 0 Å². The van der Waals surface area contributed by atoms with Gasteiger partial charge in [-0.25, -0.2) is 0 Å². The molecule has 0 spiro atoms. The van der Waals surface area contributed by atoms with Crippen molar-refractivity contribution in [1.29, 1.82) is 0 Å². The lowest BCUT2D eigenvalue weighted by Gasteiger charge is -1.85. The molecule has 0 N–H and O–H groups in total. The van der Waals surface area contributed by atoms with Crippen LogP contribution in [0.2, 0.25) is 0 Å². The van der Waals surface area contributed by atoms with Gasteiger partial charge >= 0.3 is 0 Å². The number of hydrogen-bond acceptors (Lipinski definition) is 0. The Morgan fingerprint density at radius 2 is 1.31 bits per heavy atom. The third-order valence-corrected chi connectivity index (χ3v) is 0.844. The SMILES string of the molecule is C=CC(=C)/C=C\C(=C)C.CC.CC. The van der Waals surface area contributed by atoms with Gasteiger partial charge in [0.2, 0.25) is 0 Å². The Kier molecular flexibility index (Phi) is 23.6. The van der Waals surface area contributed by atoms with Crippen LogP contribution in [-0.4, -0.2) is 0 Å². The summed E-state index contributed by atoms with van der Waals surface area (Å²) < 4.78 is 0. The predicted octanol–water partition coefficient (Wildman–Crippen LogP) is 4.91. The van der Waals surface area contributed by atoms with E-state index in [1.54, 1.807) is 6.08 Å². The highest BCUT2D eigenvalue weighted by atomic mass is 13.8.